The summed E-state index contributed by atoms with van der Waals surface area (Å²) >= 11 is 5.35. The molecule has 3 unspecified atom stereocenters. The predicted molar refractivity (Wildman–Crippen MR) is 68.0 cm³/mol. The fourth-order valence-electron chi connectivity index (χ4n) is 3.09. The van der Waals surface area contributed by atoms with Crippen LogP contribution in [-0.2, 0) is 6.42 Å². The van der Waals surface area contributed by atoms with Crippen molar-refractivity contribution in [3.8, 4) is 0 Å². The monoisotopic (exact) mass is 239 g/mol. The zero-order valence-electron chi connectivity index (χ0n) is 10.4. The molecule has 3 atom stereocenters. The molecule has 0 spiro atoms. The molecule has 1 aliphatic carbocycles. The maximum absolute atomic E-state index is 5.35. The summed E-state index contributed by atoms with van der Waals surface area (Å²) in [5.41, 5.74) is 0. The van der Waals surface area contributed by atoms with Crippen molar-refractivity contribution in [3.05, 3.63) is 10.6 Å². The number of nitrogens with zero attached hydrogens (tertiary/aromatic N) is 2. The van der Waals surface area contributed by atoms with E-state index in [1.165, 1.54) is 19.3 Å². The van der Waals surface area contributed by atoms with Crippen molar-refractivity contribution in [1.82, 2.24) is 14.8 Å². The third-order valence-corrected chi connectivity index (χ3v) is 4.42. The van der Waals surface area contributed by atoms with Gasteiger partial charge in [-0.2, -0.15) is 5.10 Å². The second-order valence-electron chi connectivity index (χ2n) is 4.84. The van der Waals surface area contributed by atoms with Crippen LogP contribution in [-0.4, -0.2) is 14.8 Å². The van der Waals surface area contributed by atoms with Crippen LogP contribution in [0.5, 0.6) is 0 Å². The lowest BCUT2D eigenvalue weighted by molar-refractivity contribution is 0.322. The lowest BCUT2D eigenvalue weighted by Gasteiger charge is -2.22. The third-order valence-electron chi connectivity index (χ3n) is 4.13. The number of aromatic nitrogens is 3. The predicted octanol–water partition coefficient (Wildman–Crippen LogP) is 3.50. The van der Waals surface area contributed by atoms with Gasteiger partial charge in [0.2, 0.25) is 0 Å². The Bertz CT molecular complexity index is 407. The first-order chi connectivity index (χ1) is 7.69. The molecule has 1 fully saturated rings. The lowest BCUT2D eigenvalue weighted by atomic mass is 9.93. The molecule has 0 aromatic carbocycles. The van der Waals surface area contributed by atoms with Gasteiger partial charge in [0.15, 0.2) is 4.77 Å². The maximum Gasteiger partial charge on any atom is 0.195 e. The Kier molecular flexibility index (Phi) is 3.47. The van der Waals surface area contributed by atoms with Gasteiger partial charge >= 0.3 is 0 Å². The number of nitrogens with one attached hydrogen (secondary N) is 1. The number of aryl methyl sites for hydroxylation is 1. The average Bonchev–Trinajstić information content (AvgIpc) is 2.81. The van der Waals surface area contributed by atoms with E-state index in [9.17, 15) is 0 Å². The van der Waals surface area contributed by atoms with Gasteiger partial charge in [-0.1, -0.05) is 27.2 Å². The minimum absolute atomic E-state index is 0.561. The molecule has 90 valence electrons. The van der Waals surface area contributed by atoms with Crippen molar-refractivity contribution < 1.29 is 0 Å². The molecule has 2 rings (SSSR count). The molecule has 4 heteroatoms. The molecule has 1 aliphatic rings. The van der Waals surface area contributed by atoms with Crippen LogP contribution in [0.3, 0.4) is 0 Å². The summed E-state index contributed by atoms with van der Waals surface area (Å²) in [6.45, 7) is 6.79. The smallest absolute Gasteiger partial charge is 0.195 e. The molecule has 0 aliphatic heterocycles. The number of hydrogen-bond donors (Lipinski definition) is 1. The topological polar surface area (TPSA) is 33.6 Å². The number of H-pyrrole nitrogens is 1. The Balaban J connectivity index is 2.31. The van der Waals surface area contributed by atoms with Crippen LogP contribution < -0.4 is 0 Å². The number of aromatic amines is 1. The van der Waals surface area contributed by atoms with E-state index in [0.717, 1.165) is 28.9 Å². The first-order valence-electron chi connectivity index (χ1n) is 6.34. The van der Waals surface area contributed by atoms with Gasteiger partial charge in [-0.05, 0) is 36.9 Å². The first-order valence-corrected chi connectivity index (χ1v) is 6.75. The van der Waals surface area contributed by atoms with E-state index in [1.54, 1.807) is 0 Å². The molecule has 0 saturated heterocycles. The average molecular weight is 239 g/mol. The molecule has 0 bridgehead atoms. The van der Waals surface area contributed by atoms with Crippen molar-refractivity contribution in [2.24, 2.45) is 11.8 Å². The number of hydrogen-bond acceptors (Lipinski definition) is 2. The van der Waals surface area contributed by atoms with E-state index < -0.39 is 0 Å². The fraction of sp³-hybridized carbons (Fsp3) is 0.833. The van der Waals surface area contributed by atoms with Crippen LogP contribution in [0.4, 0.5) is 0 Å². The molecular weight excluding hydrogens is 218 g/mol. The van der Waals surface area contributed by atoms with Gasteiger partial charge in [-0.3, -0.25) is 5.10 Å². The molecule has 1 heterocycles. The molecule has 1 aromatic heterocycles. The van der Waals surface area contributed by atoms with E-state index in [1.807, 2.05) is 0 Å². The standard InChI is InChI=1S/C12H21N3S/c1-4-9-6-7-10(8(9)3)15-11(5-2)13-14-12(15)16/h8-10H,4-7H2,1-3H3,(H,14,16). The molecule has 0 radical (unpaired) electrons. The van der Waals surface area contributed by atoms with Crippen LogP contribution in [0.25, 0.3) is 0 Å². The van der Waals surface area contributed by atoms with Crippen LogP contribution in [0.1, 0.15) is 51.9 Å². The van der Waals surface area contributed by atoms with E-state index in [0.29, 0.717) is 6.04 Å². The summed E-state index contributed by atoms with van der Waals surface area (Å²) in [7, 11) is 0. The lowest BCUT2D eigenvalue weighted by Crippen LogP contribution is -2.17. The van der Waals surface area contributed by atoms with E-state index in [2.05, 4.69) is 35.5 Å². The molecule has 1 saturated carbocycles. The highest BCUT2D eigenvalue weighted by atomic mass is 32.1. The Morgan fingerprint density at radius 3 is 2.75 bits per heavy atom. The van der Waals surface area contributed by atoms with Gasteiger partial charge in [0.1, 0.15) is 5.82 Å². The zero-order valence-corrected chi connectivity index (χ0v) is 11.2. The molecule has 0 amide bonds. The summed E-state index contributed by atoms with van der Waals surface area (Å²) in [6.07, 6.45) is 4.82. The van der Waals surface area contributed by atoms with Crippen LogP contribution in [0.15, 0.2) is 0 Å². The van der Waals surface area contributed by atoms with Crippen molar-refractivity contribution in [3.63, 3.8) is 0 Å². The SMILES string of the molecule is CCc1n[nH]c(=S)n1C1CCC(CC)C1C. The minimum Gasteiger partial charge on any atom is -0.301 e. The number of rotatable bonds is 3. The molecule has 1 aromatic rings. The molecule has 1 N–H and O–H groups in total. The maximum atomic E-state index is 5.35. The van der Waals surface area contributed by atoms with Gasteiger partial charge in [0.25, 0.3) is 0 Å². The van der Waals surface area contributed by atoms with E-state index in [-0.39, 0.29) is 0 Å². The Labute approximate surface area is 102 Å². The summed E-state index contributed by atoms with van der Waals surface area (Å²) in [5, 5.41) is 7.24. The third kappa shape index (κ3) is 1.83. The fourth-order valence-corrected chi connectivity index (χ4v) is 3.38. The van der Waals surface area contributed by atoms with Crippen molar-refractivity contribution in [2.45, 2.75) is 52.5 Å². The summed E-state index contributed by atoms with van der Waals surface area (Å²) < 4.78 is 3.06. The van der Waals surface area contributed by atoms with Crippen LogP contribution in [0.2, 0.25) is 0 Å². The van der Waals surface area contributed by atoms with Crippen molar-refractivity contribution in [1.29, 1.82) is 0 Å². The van der Waals surface area contributed by atoms with Gasteiger partial charge in [-0.25, -0.2) is 0 Å². The zero-order chi connectivity index (χ0) is 11.7. The van der Waals surface area contributed by atoms with Gasteiger partial charge in [0.05, 0.1) is 0 Å². The largest absolute Gasteiger partial charge is 0.301 e. The van der Waals surface area contributed by atoms with Crippen molar-refractivity contribution in [2.75, 3.05) is 0 Å². The highest BCUT2D eigenvalue weighted by Gasteiger charge is 2.34. The summed E-state index contributed by atoms with van der Waals surface area (Å²) in [5.74, 6) is 2.68. The minimum atomic E-state index is 0.561. The Morgan fingerprint density at radius 1 is 1.44 bits per heavy atom. The van der Waals surface area contributed by atoms with E-state index >= 15 is 0 Å². The molecular formula is C12H21N3S. The summed E-state index contributed by atoms with van der Waals surface area (Å²) in [6, 6.07) is 0.561. The van der Waals surface area contributed by atoms with Crippen LogP contribution in [0, 0.1) is 16.6 Å². The highest BCUT2D eigenvalue weighted by Crippen LogP contribution is 2.42. The Morgan fingerprint density at radius 2 is 2.19 bits per heavy atom. The van der Waals surface area contributed by atoms with Gasteiger partial charge in [-0.15, -0.1) is 0 Å². The van der Waals surface area contributed by atoms with Crippen LogP contribution >= 0.6 is 12.2 Å². The van der Waals surface area contributed by atoms with Crippen molar-refractivity contribution >= 4 is 12.2 Å². The Hall–Kier alpha value is -0.640. The molecule has 16 heavy (non-hydrogen) atoms. The second-order valence-corrected chi connectivity index (χ2v) is 5.23. The second kappa shape index (κ2) is 4.70. The normalized spacial score (nSPS) is 29.8. The highest BCUT2D eigenvalue weighted by molar-refractivity contribution is 7.71. The molecule has 3 nitrogen and oxygen atoms in total. The quantitative estimate of drug-likeness (QED) is 0.819. The van der Waals surface area contributed by atoms with Gasteiger partial charge in [0, 0.05) is 12.5 Å². The first kappa shape index (κ1) is 11.8. The van der Waals surface area contributed by atoms with Gasteiger partial charge < -0.3 is 4.57 Å². The summed E-state index contributed by atoms with van der Waals surface area (Å²) in [4.78, 5) is 0. The van der Waals surface area contributed by atoms with E-state index in [4.69, 9.17) is 12.2 Å².